The second-order valence-electron chi connectivity index (χ2n) is 3.93. The van der Waals surface area contributed by atoms with Crippen LogP contribution in [-0.4, -0.2) is 36.8 Å². The molecule has 0 aliphatic carbocycles. The van der Waals surface area contributed by atoms with E-state index in [0.717, 1.165) is 25.8 Å². The maximum absolute atomic E-state index is 10.5. The summed E-state index contributed by atoms with van der Waals surface area (Å²) in [6.07, 6.45) is 7.52. The summed E-state index contributed by atoms with van der Waals surface area (Å²) in [5.41, 5.74) is 9.88. The molecule has 5 heteroatoms. The third kappa shape index (κ3) is 17.1. The molecule has 0 aromatic rings. The van der Waals surface area contributed by atoms with Gasteiger partial charge in [0.15, 0.2) is 0 Å². The average Bonchev–Trinajstić information content (AvgIpc) is 2.47. The number of nitrogens with one attached hydrogen (secondary N) is 1. The van der Waals surface area contributed by atoms with Crippen LogP contribution in [0.3, 0.4) is 0 Å². The highest BCUT2D eigenvalue weighted by Crippen LogP contribution is 2.03. The molecule has 0 aromatic heterocycles. The van der Waals surface area contributed by atoms with Gasteiger partial charge in [0.25, 0.3) is 0 Å². The average molecular weight is 289 g/mol. The lowest BCUT2D eigenvalue weighted by Gasteiger charge is -2.14. The Kier molecular flexibility index (Phi) is 24.6. The van der Waals surface area contributed by atoms with Crippen molar-refractivity contribution in [1.82, 2.24) is 5.32 Å². The Morgan fingerprint density at radius 3 is 2.10 bits per heavy atom. The van der Waals surface area contributed by atoms with Gasteiger partial charge >= 0.3 is 5.97 Å². The van der Waals surface area contributed by atoms with Crippen LogP contribution < -0.4 is 16.8 Å². The fourth-order valence-corrected chi connectivity index (χ4v) is 1.54. The van der Waals surface area contributed by atoms with Crippen LogP contribution in [0, 0.1) is 0 Å². The molecule has 0 saturated heterocycles. The van der Waals surface area contributed by atoms with Crippen molar-refractivity contribution in [2.75, 3.05) is 13.6 Å². The van der Waals surface area contributed by atoms with E-state index < -0.39 is 12.0 Å². The molecule has 2 atom stereocenters. The van der Waals surface area contributed by atoms with Gasteiger partial charge in [-0.3, -0.25) is 4.79 Å². The molecule has 0 aliphatic heterocycles. The number of hydrogen-bond donors (Lipinski definition) is 4. The summed E-state index contributed by atoms with van der Waals surface area (Å²) >= 11 is 0. The number of carboxylic acids is 1. The summed E-state index contributed by atoms with van der Waals surface area (Å²) in [6, 6.07) is -0.285. The highest BCUT2D eigenvalue weighted by molar-refractivity contribution is 5.73. The number of carboxylic acid groups (broad SMARTS) is 1. The first-order valence-electron chi connectivity index (χ1n) is 7.56. The van der Waals surface area contributed by atoms with Crippen molar-refractivity contribution in [3.05, 3.63) is 12.2 Å². The van der Waals surface area contributed by atoms with Crippen LogP contribution in [0.4, 0.5) is 0 Å². The minimum atomic E-state index is -0.943. The molecule has 0 heterocycles. The van der Waals surface area contributed by atoms with E-state index in [2.05, 4.69) is 24.9 Å². The lowest BCUT2D eigenvalue weighted by Crippen LogP contribution is -2.29. The molecule has 122 valence electrons. The Balaban J connectivity index is -0.000000656. The zero-order chi connectivity index (χ0) is 16.4. The van der Waals surface area contributed by atoms with E-state index >= 15 is 0 Å². The van der Waals surface area contributed by atoms with Gasteiger partial charge in [-0.1, -0.05) is 46.3 Å². The van der Waals surface area contributed by atoms with Crippen LogP contribution in [0.15, 0.2) is 12.2 Å². The van der Waals surface area contributed by atoms with Gasteiger partial charge in [0.1, 0.15) is 6.04 Å². The molecule has 0 bridgehead atoms. The van der Waals surface area contributed by atoms with Crippen molar-refractivity contribution in [3.8, 4) is 0 Å². The van der Waals surface area contributed by atoms with Gasteiger partial charge in [-0.05, 0) is 32.9 Å². The van der Waals surface area contributed by atoms with Crippen molar-refractivity contribution in [2.45, 2.75) is 65.5 Å². The number of rotatable bonds is 9. The Morgan fingerprint density at radius 1 is 1.20 bits per heavy atom. The quantitative estimate of drug-likeness (QED) is 0.487. The standard InChI is InChI=1S/C12H24N2O2.C2H6.CH5N/c1-3-7-10(14-4-2)8-5-6-9-11(13)12(15)16;2*1-2/h5-6,10-11,14H,3-4,7-9,13H2,1-2H3,(H,15,16);1-2H3;2H2,1H3/b6-5+;;/t10-,11?;;/m1../s1. The highest BCUT2D eigenvalue weighted by Gasteiger charge is 2.08. The molecule has 0 rings (SSSR count). The molecule has 1 unspecified atom stereocenters. The molecular formula is C15H35N3O2. The van der Waals surface area contributed by atoms with E-state index in [4.69, 9.17) is 10.8 Å². The van der Waals surface area contributed by atoms with E-state index in [0.29, 0.717) is 12.5 Å². The highest BCUT2D eigenvalue weighted by atomic mass is 16.4. The molecule has 0 aliphatic rings. The zero-order valence-electron chi connectivity index (χ0n) is 13.9. The molecule has 6 N–H and O–H groups in total. The van der Waals surface area contributed by atoms with E-state index in [9.17, 15) is 4.79 Å². The fraction of sp³-hybridized carbons (Fsp3) is 0.800. The Hall–Kier alpha value is -0.910. The largest absolute Gasteiger partial charge is 0.480 e. The Bertz CT molecular complexity index is 215. The first kappa shape index (κ1) is 24.1. The number of nitrogens with two attached hydrogens (primary N) is 2. The van der Waals surface area contributed by atoms with Gasteiger partial charge in [0.2, 0.25) is 0 Å². The minimum Gasteiger partial charge on any atom is -0.480 e. The van der Waals surface area contributed by atoms with Crippen LogP contribution in [0.1, 0.15) is 53.4 Å². The van der Waals surface area contributed by atoms with Gasteiger partial charge in [0, 0.05) is 6.04 Å². The molecular weight excluding hydrogens is 254 g/mol. The number of hydrogen-bond acceptors (Lipinski definition) is 4. The normalized spacial score (nSPS) is 12.8. The number of aliphatic carboxylic acids is 1. The summed E-state index contributed by atoms with van der Waals surface area (Å²) in [5.74, 6) is -0.943. The zero-order valence-corrected chi connectivity index (χ0v) is 13.9. The maximum Gasteiger partial charge on any atom is 0.320 e. The monoisotopic (exact) mass is 289 g/mol. The fourth-order valence-electron chi connectivity index (χ4n) is 1.54. The second kappa shape index (κ2) is 20.4. The van der Waals surface area contributed by atoms with E-state index in [1.54, 1.807) is 0 Å². The molecule has 0 spiro atoms. The predicted molar refractivity (Wildman–Crippen MR) is 87.8 cm³/mol. The van der Waals surface area contributed by atoms with Crippen LogP contribution in [0.5, 0.6) is 0 Å². The first-order chi connectivity index (χ1) is 9.61. The summed E-state index contributed by atoms with van der Waals surface area (Å²) in [7, 11) is 1.50. The van der Waals surface area contributed by atoms with Crippen molar-refractivity contribution in [1.29, 1.82) is 0 Å². The minimum absolute atomic E-state index is 0.403. The van der Waals surface area contributed by atoms with E-state index in [1.165, 1.54) is 7.05 Å². The van der Waals surface area contributed by atoms with Gasteiger partial charge in [-0.15, -0.1) is 0 Å². The van der Waals surface area contributed by atoms with Crippen molar-refractivity contribution >= 4 is 5.97 Å². The number of carbonyl (C=O) groups is 1. The molecule has 0 radical (unpaired) electrons. The summed E-state index contributed by atoms with van der Waals surface area (Å²) < 4.78 is 0. The van der Waals surface area contributed by atoms with Crippen molar-refractivity contribution in [3.63, 3.8) is 0 Å². The smallest absolute Gasteiger partial charge is 0.320 e. The molecule has 0 aromatic carbocycles. The van der Waals surface area contributed by atoms with Gasteiger partial charge in [-0.2, -0.15) is 0 Å². The van der Waals surface area contributed by atoms with Crippen LogP contribution in [0.25, 0.3) is 0 Å². The predicted octanol–water partition coefficient (Wildman–Crippen LogP) is 2.11. The first-order valence-corrected chi connectivity index (χ1v) is 7.56. The Morgan fingerprint density at radius 2 is 1.70 bits per heavy atom. The van der Waals surface area contributed by atoms with Crippen LogP contribution in [-0.2, 0) is 4.79 Å². The lowest BCUT2D eigenvalue weighted by atomic mass is 10.1. The summed E-state index contributed by atoms with van der Waals surface area (Å²) in [5, 5.41) is 12.0. The second-order valence-corrected chi connectivity index (χ2v) is 3.93. The molecule has 0 amide bonds. The van der Waals surface area contributed by atoms with Gasteiger partial charge < -0.3 is 21.9 Å². The molecule has 20 heavy (non-hydrogen) atoms. The summed E-state index contributed by atoms with van der Waals surface area (Å²) in [4.78, 5) is 10.5. The Labute approximate surface area is 124 Å². The van der Waals surface area contributed by atoms with Gasteiger partial charge in [0.05, 0.1) is 0 Å². The van der Waals surface area contributed by atoms with E-state index in [1.807, 2.05) is 26.0 Å². The van der Waals surface area contributed by atoms with Crippen LogP contribution >= 0.6 is 0 Å². The maximum atomic E-state index is 10.5. The third-order valence-electron chi connectivity index (χ3n) is 2.42. The van der Waals surface area contributed by atoms with Crippen molar-refractivity contribution in [2.24, 2.45) is 11.5 Å². The topological polar surface area (TPSA) is 101 Å². The van der Waals surface area contributed by atoms with Crippen molar-refractivity contribution < 1.29 is 9.90 Å². The summed E-state index contributed by atoms with van der Waals surface area (Å²) in [6.45, 7) is 9.22. The van der Waals surface area contributed by atoms with Crippen LogP contribution in [0.2, 0.25) is 0 Å². The van der Waals surface area contributed by atoms with E-state index in [-0.39, 0.29) is 0 Å². The SMILES string of the molecule is CC.CCC[C@H](C/C=C/CC(N)C(=O)O)NCC.CN. The molecule has 0 fully saturated rings. The van der Waals surface area contributed by atoms with Gasteiger partial charge in [-0.25, -0.2) is 0 Å². The lowest BCUT2D eigenvalue weighted by molar-refractivity contribution is -0.138. The molecule has 0 saturated carbocycles. The third-order valence-corrected chi connectivity index (χ3v) is 2.42. The molecule has 5 nitrogen and oxygen atoms in total.